The van der Waals surface area contributed by atoms with E-state index in [4.69, 9.17) is 18.9 Å². The van der Waals surface area contributed by atoms with E-state index in [0.717, 1.165) is 64.2 Å². The third kappa shape index (κ3) is 39.0. The number of hydrogen-bond acceptors (Lipinski definition) is 13. The molecule has 2 saturated heterocycles. The highest BCUT2D eigenvalue weighted by molar-refractivity contribution is 5.76. The Bertz CT molecular complexity index is 1530. The Morgan fingerprint density at radius 3 is 1.22 bits per heavy atom. The van der Waals surface area contributed by atoms with Crippen LogP contribution in [0.5, 0.6) is 0 Å². The second kappa shape index (κ2) is 54.4. The van der Waals surface area contributed by atoms with Crippen LogP contribution in [0.15, 0.2) is 36.5 Å². The van der Waals surface area contributed by atoms with E-state index in [2.05, 4.69) is 55.6 Å². The maximum atomic E-state index is 13.3. The van der Waals surface area contributed by atoms with E-state index in [-0.39, 0.29) is 12.5 Å². The SMILES string of the molecule is CCCCCCC/C=C\C/C=C\C/C=C\CCCCCCCCCCCCCCCCCCCCCCC(=O)NC(COC1OC(CO)C(OC2OC(CO)C(O)C(O)C2O)C(O)C1O)C(O)CCCCCCCCCCCCCCCC. The van der Waals surface area contributed by atoms with Crippen molar-refractivity contribution < 1.29 is 64.6 Å². The number of amides is 1. The molecule has 0 aromatic carbocycles. The Morgan fingerprint density at radius 1 is 0.434 bits per heavy atom. The van der Waals surface area contributed by atoms with Crippen molar-refractivity contribution in [1.29, 1.82) is 0 Å². The number of nitrogens with one attached hydrogen (secondary N) is 1. The van der Waals surface area contributed by atoms with Gasteiger partial charge >= 0.3 is 0 Å². The third-order valence-corrected chi connectivity index (χ3v) is 17.1. The molecule has 14 nitrogen and oxygen atoms in total. The van der Waals surface area contributed by atoms with Gasteiger partial charge in [0.2, 0.25) is 5.91 Å². The first kappa shape index (κ1) is 77.3. The summed E-state index contributed by atoms with van der Waals surface area (Å²) in [6.45, 7) is 2.88. The zero-order valence-electron chi connectivity index (χ0n) is 53.0. The van der Waals surface area contributed by atoms with Crippen LogP contribution in [0.3, 0.4) is 0 Å². The maximum Gasteiger partial charge on any atom is 0.220 e. The van der Waals surface area contributed by atoms with Crippen molar-refractivity contribution >= 4 is 5.91 Å². The van der Waals surface area contributed by atoms with Gasteiger partial charge in [-0.2, -0.15) is 0 Å². The summed E-state index contributed by atoms with van der Waals surface area (Å²) in [5, 5.41) is 87.4. The molecule has 2 heterocycles. The van der Waals surface area contributed by atoms with E-state index >= 15 is 0 Å². The second-order valence-electron chi connectivity index (χ2n) is 24.7. The summed E-state index contributed by atoms with van der Waals surface area (Å²) in [6, 6.07) is -0.827. The van der Waals surface area contributed by atoms with Gasteiger partial charge in [-0.1, -0.05) is 281 Å². The smallest absolute Gasteiger partial charge is 0.220 e. The highest BCUT2D eigenvalue weighted by atomic mass is 16.7. The van der Waals surface area contributed by atoms with Gasteiger partial charge in [-0.25, -0.2) is 0 Å². The summed E-state index contributed by atoms with van der Waals surface area (Å²) in [4.78, 5) is 13.3. The molecular weight excluding hydrogens is 1050 g/mol. The predicted molar refractivity (Wildman–Crippen MR) is 337 cm³/mol. The standard InChI is InChI=1S/C69H129NO13/c1-3-5-7-9-11-13-15-17-19-20-21-22-23-24-25-26-27-28-29-30-31-32-33-34-35-36-37-38-39-41-43-45-47-49-51-53-61(74)70-57(58(73)52-50-48-46-44-42-40-18-16-14-12-10-8-6-4-2)56-80-68-66(79)64(77)67(60(55-72)82-68)83-69-65(78)63(76)62(75)59(54-71)81-69/h15,17,20-21,23-24,57-60,62-69,71-73,75-79H,3-14,16,18-19,22,25-56H2,1-2H3,(H,70,74)/b17-15-,21-20-,24-23-. The fourth-order valence-corrected chi connectivity index (χ4v) is 11.5. The normalized spacial score (nSPS) is 24.0. The Labute approximate surface area is 506 Å². The van der Waals surface area contributed by atoms with E-state index in [1.54, 1.807) is 0 Å². The van der Waals surface area contributed by atoms with E-state index in [1.807, 2.05) is 0 Å². The van der Waals surface area contributed by atoms with Crippen molar-refractivity contribution in [2.75, 3.05) is 19.8 Å². The average molecular weight is 1180 g/mol. The Hall–Kier alpha value is -1.79. The number of carbonyl (C=O) groups excluding carboxylic acids is 1. The summed E-state index contributed by atoms with van der Waals surface area (Å²) < 4.78 is 22.9. The van der Waals surface area contributed by atoms with Crippen LogP contribution >= 0.6 is 0 Å². The number of ether oxygens (including phenoxy) is 4. The highest BCUT2D eigenvalue weighted by Gasteiger charge is 2.51. The van der Waals surface area contributed by atoms with Gasteiger partial charge in [-0.3, -0.25) is 4.79 Å². The fourth-order valence-electron chi connectivity index (χ4n) is 11.5. The van der Waals surface area contributed by atoms with Crippen molar-refractivity contribution in [2.45, 2.75) is 376 Å². The molecular formula is C69H129NO13. The Kier molecular flexibility index (Phi) is 50.6. The zero-order valence-corrected chi connectivity index (χ0v) is 53.0. The van der Waals surface area contributed by atoms with Gasteiger partial charge in [0.05, 0.1) is 32.0 Å². The van der Waals surface area contributed by atoms with Gasteiger partial charge in [0.25, 0.3) is 0 Å². The summed E-state index contributed by atoms with van der Waals surface area (Å²) >= 11 is 0. The molecule has 14 heteroatoms. The van der Waals surface area contributed by atoms with Crippen LogP contribution in [0.1, 0.15) is 303 Å². The largest absolute Gasteiger partial charge is 0.394 e. The van der Waals surface area contributed by atoms with E-state index < -0.39 is 86.8 Å². The molecule has 0 aliphatic carbocycles. The summed E-state index contributed by atoms with van der Waals surface area (Å²) in [7, 11) is 0. The van der Waals surface area contributed by atoms with E-state index in [1.165, 1.54) is 212 Å². The molecule has 0 spiro atoms. The van der Waals surface area contributed by atoms with Crippen molar-refractivity contribution in [3.8, 4) is 0 Å². The molecule has 0 saturated carbocycles. The first-order valence-electron chi connectivity index (χ1n) is 34.7. The molecule has 2 aliphatic heterocycles. The lowest BCUT2D eigenvalue weighted by Crippen LogP contribution is -2.65. The molecule has 2 rings (SSSR count). The van der Waals surface area contributed by atoms with Crippen molar-refractivity contribution in [3.63, 3.8) is 0 Å². The summed E-state index contributed by atoms with van der Waals surface area (Å²) in [5.41, 5.74) is 0. The van der Waals surface area contributed by atoms with Gasteiger partial charge in [-0.05, 0) is 51.4 Å². The van der Waals surface area contributed by atoms with E-state index in [0.29, 0.717) is 12.8 Å². The monoisotopic (exact) mass is 1180 g/mol. The average Bonchev–Trinajstić information content (AvgIpc) is 3.64. The number of carbonyl (C=O) groups is 1. The minimum absolute atomic E-state index is 0.202. The lowest BCUT2D eigenvalue weighted by molar-refractivity contribution is -0.359. The van der Waals surface area contributed by atoms with Gasteiger partial charge in [0.1, 0.15) is 48.8 Å². The predicted octanol–water partition coefficient (Wildman–Crippen LogP) is 13.7. The van der Waals surface area contributed by atoms with Crippen molar-refractivity contribution in [2.24, 2.45) is 0 Å². The first-order chi connectivity index (χ1) is 40.6. The molecule has 0 bridgehead atoms. The van der Waals surface area contributed by atoms with Crippen LogP contribution in [0.2, 0.25) is 0 Å². The molecule has 9 N–H and O–H groups in total. The zero-order chi connectivity index (χ0) is 60.2. The minimum atomic E-state index is -1.78. The van der Waals surface area contributed by atoms with Crippen LogP contribution in [0.25, 0.3) is 0 Å². The number of aliphatic hydroxyl groups excluding tert-OH is 8. The Morgan fingerprint density at radius 2 is 0.795 bits per heavy atom. The second-order valence-corrected chi connectivity index (χ2v) is 24.7. The van der Waals surface area contributed by atoms with Crippen LogP contribution in [0.4, 0.5) is 0 Å². The van der Waals surface area contributed by atoms with Gasteiger partial charge in [0, 0.05) is 6.42 Å². The highest BCUT2D eigenvalue weighted by Crippen LogP contribution is 2.30. The number of rotatable bonds is 57. The third-order valence-electron chi connectivity index (χ3n) is 17.1. The van der Waals surface area contributed by atoms with Gasteiger partial charge in [0.15, 0.2) is 12.6 Å². The molecule has 83 heavy (non-hydrogen) atoms. The minimum Gasteiger partial charge on any atom is -0.394 e. The number of unbranched alkanes of at least 4 members (excludes halogenated alkanes) is 38. The van der Waals surface area contributed by atoms with E-state index in [9.17, 15) is 45.6 Å². The molecule has 0 aromatic heterocycles. The maximum absolute atomic E-state index is 13.3. The number of aliphatic hydroxyl groups is 8. The molecule has 12 unspecified atom stereocenters. The molecule has 12 atom stereocenters. The molecule has 0 radical (unpaired) electrons. The van der Waals surface area contributed by atoms with Crippen LogP contribution < -0.4 is 5.32 Å². The van der Waals surface area contributed by atoms with Crippen molar-refractivity contribution in [3.05, 3.63) is 36.5 Å². The Balaban J connectivity index is 1.59. The van der Waals surface area contributed by atoms with Crippen LogP contribution in [-0.4, -0.2) is 140 Å². The molecule has 0 aromatic rings. The van der Waals surface area contributed by atoms with Crippen molar-refractivity contribution in [1.82, 2.24) is 5.32 Å². The fraction of sp³-hybridized carbons (Fsp3) is 0.899. The van der Waals surface area contributed by atoms with Gasteiger partial charge < -0.3 is 65.1 Å². The van der Waals surface area contributed by atoms with Crippen LogP contribution in [-0.2, 0) is 23.7 Å². The molecule has 2 fully saturated rings. The molecule has 488 valence electrons. The summed E-state index contributed by atoms with van der Waals surface area (Å²) in [6.07, 6.45) is 51.7. The first-order valence-corrected chi connectivity index (χ1v) is 34.7. The topological polar surface area (TPSA) is 228 Å². The quantitative estimate of drug-likeness (QED) is 0.0204. The number of allylic oxidation sites excluding steroid dienone is 6. The van der Waals surface area contributed by atoms with Crippen LogP contribution in [0, 0.1) is 0 Å². The lowest BCUT2D eigenvalue weighted by atomic mass is 9.97. The number of hydrogen-bond donors (Lipinski definition) is 9. The molecule has 2 aliphatic rings. The van der Waals surface area contributed by atoms with Gasteiger partial charge in [-0.15, -0.1) is 0 Å². The lowest BCUT2D eigenvalue weighted by Gasteiger charge is -2.46. The molecule has 1 amide bonds. The summed E-state index contributed by atoms with van der Waals surface area (Å²) in [5.74, 6) is -0.202.